The van der Waals surface area contributed by atoms with Gasteiger partial charge in [-0.05, 0) is 63.0 Å². The molecule has 1 saturated carbocycles. The summed E-state index contributed by atoms with van der Waals surface area (Å²) < 4.78 is 0. The Kier molecular flexibility index (Phi) is 10.7. The van der Waals surface area contributed by atoms with Gasteiger partial charge < -0.3 is 21.5 Å². The molecule has 8 heteroatoms. The molecule has 2 aliphatic rings. The second-order valence-corrected chi connectivity index (χ2v) is 14.5. The van der Waals surface area contributed by atoms with E-state index in [-0.39, 0.29) is 23.4 Å². The van der Waals surface area contributed by atoms with Crippen LogP contribution in [-0.4, -0.2) is 70.4 Å². The van der Waals surface area contributed by atoms with E-state index < -0.39 is 23.6 Å². The van der Waals surface area contributed by atoms with Crippen molar-refractivity contribution in [2.75, 3.05) is 18.8 Å². The fraction of sp³-hybridized carbons (Fsp3) is 0.733. The highest BCUT2D eigenvalue weighted by atomic mass is 32.2. The molecule has 38 heavy (non-hydrogen) atoms. The average molecular weight is 547 g/mol. The fourth-order valence-corrected chi connectivity index (χ4v) is 6.64. The van der Waals surface area contributed by atoms with Gasteiger partial charge in [0, 0.05) is 29.3 Å². The number of nitrogens with one attached hydrogen (secondary N) is 2. The minimum Gasteiger partial charge on any atom is -0.390 e. The second-order valence-electron chi connectivity index (χ2n) is 13.4. The molecule has 2 fully saturated rings. The van der Waals surface area contributed by atoms with E-state index in [1.165, 1.54) is 25.7 Å². The summed E-state index contributed by atoms with van der Waals surface area (Å²) in [6.07, 6.45) is 4.80. The van der Waals surface area contributed by atoms with Gasteiger partial charge in [-0.15, -0.1) is 11.8 Å². The van der Waals surface area contributed by atoms with Gasteiger partial charge in [0.1, 0.15) is 0 Å². The predicted molar refractivity (Wildman–Crippen MR) is 156 cm³/mol. The lowest BCUT2D eigenvalue weighted by Crippen LogP contribution is -2.61. The normalized spacial score (nSPS) is 25.1. The zero-order valence-electron chi connectivity index (χ0n) is 24.2. The number of rotatable bonds is 9. The quantitative estimate of drug-likeness (QED) is 0.351. The van der Waals surface area contributed by atoms with Crippen molar-refractivity contribution in [3.63, 3.8) is 0 Å². The van der Waals surface area contributed by atoms with Gasteiger partial charge in [0.15, 0.2) is 0 Å². The van der Waals surface area contributed by atoms with E-state index in [1.807, 2.05) is 71.9 Å². The van der Waals surface area contributed by atoms with Crippen molar-refractivity contribution in [2.24, 2.45) is 23.0 Å². The maximum atomic E-state index is 13.4. The van der Waals surface area contributed by atoms with Gasteiger partial charge in [-0.1, -0.05) is 58.2 Å². The molecule has 1 aliphatic heterocycles. The Morgan fingerprint density at radius 2 is 1.71 bits per heavy atom. The molecule has 6 atom stereocenters. The van der Waals surface area contributed by atoms with Crippen LogP contribution in [0.15, 0.2) is 35.2 Å². The third-order valence-corrected chi connectivity index (χ3v) is 9.04. The zero-order chi connectivity index (χ0) is 28.1. The Labute approximate surface area is 234 Å². The molecular weight excluding hydrogens is 496 g/mol. The summed E-state index contributed by atoms with van der Waals surface area (Å²) >= 11 is 1.60. The number of fused-ring (bicyclic) bond motifs is 1. The Morgan fingerprint density at radius 1 is 1.08 bits per heavy atom. The van der Waals surface area contributed by atoms with Crippen molar-refractivity contribution < 1.29 is 14.7 Å². The Hall–Kier alpha value is -1.61. The van der Waals surface area contributed by atoms with Crippen LogP contribution in [0.2, 0.25) is 0 Å². The zero-order valence-corrected chi connectivity index (χ0v) is 25.0. The number of aliphatic hydroxyl groups is 1. The summed E-state index contributed by atoms with van der Waals surface area (Å²) in [4.78, 5) is 29.8. The van der Waals surface area contributed by atoms with E-state index in [9.17, 15) is 14.7 Å². The summed E-state index contributed by atoms with van der Waals surface area (Å²) in [7, 11) is 0. The first-order valence-corrected chi connectivity index (χ1v) is 15.2. The maximum Gasteiger partial charge on any atom is 0.237 e. The average Bonchev–Trinajstić information content (AvgIpc) is 2.84. The first-order valence-electron chi connectivity index (χ1n) is 14.2. The molecule has 1 saturated heterocycles. The fourth-order valence-electron chi connectivity index (χ4n) is 5.61. The second kappa shape index (κ2) is 13.2. The minimum absolute atomic E-state index is 0.0303. The van der Waals surface area contributed by atoms with Gasteiger partial charge in [-0.2, -0.15) is 0 Å². The molecule has 0 unspecified atom stereocenters. The first kappa shape index (κ1) is 30.9. The van der Waals surface area contributed by atoms with Crippen LogP contribution in [0.5, 0.6) is 0 Å². The number of hydrogen-bond donors (Lipinski definition) is 4. The van der Waals surface area contributed by atoms with Crippen molar-refractivity contribution in [1.29, 1.82) is 0 Å². The monoisotopic (exact) mass is 546 g/mol. The number of nitrogens with two attached hydrogens (primary N) is 1. The molecular formula is C30H50N4O3S. The van der Waals surface area contributed by atoms with Crippen LogP contribution in [0.25, 0.3) is 0 Å². The largest absolute Gasteiger partial charge is 0.390 e. The number of carbonyl (C=O) groups excluding carboxylic acids is 2. The molecule has 1 aromatic rings. The van der Waals surface area contributed by atoms with E-state index in [0.29, 0.717) is 24.1 Å². The summed E-state index contributed by atoms with van der Waals surface area (Å²) in [5, 5.41) is 17.8. The van der Waals surface area contributed by atoms with E-state index in [1.54, 1.807) is 11.8 Å². The van der Waals surface area contributed by atoms with Crippen molar-refractivity contribution >= 4 is 23.6 Å². The number of nitrogens with zero attached hydrogens (tertiary/aromatic N) is 1. The van der Waals surface area contributed by atoms with Crippen molar-refractivity contribution in [2.45, 2.75) is 108 Å². The summed E-state index contributed by atoms with van der Waals surface area (Å²) in [5.74, 6) is 1.38. The molecule has 0 spiro atoms. The third kappa shape index (κ3) is 8.97. The number of carbonyl (C=O) groups is 2. The lowest BCUT2D eigenvalue weighted by molar-refractivity contribution is -0.133. The number of hydrogen-bond acceptors (Lipinski definition) is 6. The van der Waals surface area contributed by atoms with E-state index in [4.69, 9.17) is 5.73 Å². The van der Waals surface area contributed by atoms with Gasteiger partial charge in [0.2, 0.25) is 11.8 Å². The summed E-state index contributed by atoms with van der Waals surface area (Å²) in [5.41, 5.74) is 5.54. The Bertz CT molecular complexity index is 914. The highest BCUT2D eigenvalue weighted by molar-refractivity contribution is 7.99. The molecule has 3 rings (SSSR count). The summed E-state index contributed by atoms with van der Waals surface area (Å²) in [6.45, 7) is 13.0. The molecule has 214 valence electrons. The predicted octanol–water partition coefficient (Wildman–Crippen LogP) is 3.79. The van der Waals surface area contributed by atoms with E-state index >= 15 is 0 Å². The number of likely N-dealkylation sites (tertiary alicyclic amines) is 1. The van der Waals surface area contributed by atoms with Crippen LogP contribution in [0, 0.1) is 17.3 Å². The van der Waals surface area contributed by atoms with Crippen molar-refractivity contribution in [3.8, 4) is 0 Å². The standard InChI is InChI=1S/C30H50N4O3S/c1-29(2,3)26(31)28(37)32-23(19-38-22-14-8-7-9-15-22)25(35)18-34-17-21-13-11-10-12-20(21)16-24(34)27(36)33-30(4,5)6/h7-9,14-15,20-21,23-26,35H,10-13,16-19,31H2,1-6H3,(H,32,37)(H,33,36)/t20-,21+,23-,24-,25+,26+/m0/s1. The molecule has 1 aliphatic carbocycles. The van der Waals surface area contributed by atoms with E-state index in [2.05, 4.69) is 15.5 Å². The molecule has 0 bridgehead atoms. The number of piperidine rings is 1. The number of β-amino-alcohol motifs (C(OH)–C–C–N with tert-alkyl or cyclic N) is 1. The van der Waals surface area contributed by atoms with Crippen LogP contribution in [0.1, 0.15) is 73.6 Å². The number of benzene rings is 1. The smallest absolute Gasteiger partial charge is 0.237 e. The topological polar surface area (TPSA) is 108 Å². The van der Waals surface area contributed by atoms with Crippen LogP contribution < -0.4 is 16.4 Å². The molecule has 2 amide bonds. The van der Waals surface area contributed by atoms with Crippen LogP contribution in [0.4, 0.5) is 0 Å². The molecule has 0 aromatic heterocycles. The maximum absolute atomic E-state index is 13.4. The summed E-state index contributed by atoms with van der Waals surface area (Å²) in [6, 6.07) is 8.51. The Balaban J connectivity index is 1.78. The van der Waals surface area contributed by atoms with Gasteiger partial charge in [-0.3, -0.25) is 14.5 Å². The number of aliphatic hydroxyl groups excluding tert-OH is 1. The first-order chi connectivity index (χ1) is 17.7. The molecule has 5 N–H and O–H groups in total. The van der Waals surface area contributed by atoms with Gasteiger partial charge >= 0.3 is 0 Å². The highest BCUT2D eigenvalue weighted by Crippen LogP contribution is 2.39. The number of amides is 2. The van der Waals surface area contributed by atoms with Crippen molar-refractivity contribution in [1.82, 2.24) is 15.5 Å². The lowest BCUT2D eigenvalue weighted by atomic mass is 9.72. The number of thioether (sulfide) groups is 1. The lowest BCUT2D eigenvalue weighted by Gasteiger charge is -2.47. The van der Waals surface area contributed by atoms with Gasteiger partial charge in [0.05, 0.1) is 24.2 Å². The Morgan fingerprint density at radius 3 is 2.32 bits per heavy atom. The minimum atomic E-state index is -0.840. The van der Waals surface area contributed by atoms with Crippen LogP contribution in [0.3, 0.4) is 0 Å². The highest BCUT2D eigenvalue weighted by Gasteiger charge is 2.42. The van der Waals surface area contributed by atoms with Crippen LogP contribution >= 0.6 is 11.8 Å². The van der Waals surface area contributed by atoms with E-state index in [0.717, 1.165) is 17.9 Å². The molecule has 1 aromatic carbocycles. The molecule has 7 nitrogen and oxygen atoms in total. The molecule has 1 heterocycles. The SMILES string of the molecule is CC(C)(C)NC(=O)[C@@H]1C[C@@H]2CCCC[C@@H]2CN1C[C@@H](O)[C@H](CSc1ccccc1)NC(=O)[C@@H](N)C(C)(C)C. The van der Waals surface area contributed by atoms with Crippen molar-refractivity contribution in [3.05, 3.63) is 30.3 Å². The van der Waals surface area contributed by atoms with Crippen LogP contribution in [-0.2, 0) is 9.59 Å². The third-order valence-electron chi connectivity index (χ3n) is 7.91. The van der Waals surface area contributed by atoms with Gasteiger partial charge in [0.25, 0.3) is 0 Å². The molecule has 0 radical (unpaired) electrons. The van der Waals surface area contributed by atoms with Gasteiger partial charge in [-0.25, -0.2) is 0 Å².